The number of hydrogen-bond donors (Lipinski definition) is 1. The fourth-order valence-electron chi connectivity index (χ4n) is 3.36. The molecule has 4 rings (SSSR count). The lowest BCUT2D eigenvalue weighted by atomic mass is 10.1. The number of thioether (sulfide) groups is 1. The van der Waals surface area contributed by atoms with Gasteiger partial charge in [0.25, 0.3) is 5.56 Å². The summed E-state index contributed by atoms with van der Waals surface area (Å²) in [5, 5.41) is 6.32. The van der Waals surface area contributed by atoms with Crippen LogP contribution < -0.4 is 10.9 Å². The molecule has 1 aliphatic carbocycles. The normalized spacial score (nSPS) is 14.9. The summed E-state index contributed by atoms with van der Waals surface area (Å²) in [6, 6.07) is 10.1. The zero-order valence-corrected chi connectivity index (χ0v) is 17.6. The van der Waals surface area contributed by atoms with Crippen molar-refractivity contribution in [2.45, 2.75) is 44.4 Å². The molecular weight excluding hydrogens is 390 g/mol. The van der Waals surface area contributed by atoms with Gasteiger partial charge in [0.15, 0.2) is 5.16 Å². The van der Waals surface area contributed by atoms with Gasteiger partial charge >= 0.3 is 0 Å². The van der Waals surface area contributed by atoms with E-state index in [9.17, 15) is 9.59 Å². The molecule has 0 bridgehead atoms. The molecule has 1 atom stereocenters. The first-order valence-electron chi connectivity index (χ1n) is 9.58. The predicted molar refractivity (Wildman–Crippen MR) is 116 cm³/mol. The Morgan fingerprint density at radius 2 is 2.11 bits per heavy atom. The zero-order valence-electron chi connectivity index (χ0n) is 16.0. The molecule has 1 aromatic carbocycles. The smallest absolute Gasteiger partial charge is 0.263 e. The van der Waals surface area contributed by atoms with Crippen molar-refractivity contribution in [3.63, 3.8) is 0 Å². The number of amides is 1. The number of rotatable bonds is 7. The lowest BCUT2D eigenvalue weighted by molar-refractivity contribution is -0.119. The molecule has 2 aromatic heterocycles. The van der Waals surface area contributed by atoms with E-state index in [0.717, 1.165) is 16.0 Å². The van der Waals surface area contributed by atoms with Gasteiger partial charge in [0.2, 0.25) is 5.91 Å². The fourth-order valence-corrected chi connectivity index (χ4v) is 5.23. The first kappa shape index (κ1) is 19.2. The minimum atomic E-state index is -0.0399. The molecule has 2 heterocycles. The molecule has 0 radical (unpaired) electrons. The molecule has 1 aliphatic rings. The molecule has 3 aromatic rings. The van der Waals surface area contributed by atoms with Gasteiger partial charge in [0.1, 0.15) is 4.83 Å². The van der Waals surface area contributed by atoms with Crippen molar-refractivity contribution in [2.24, 2.45) is 5.92 Å². The highest BCUT2D eigenvalue weighted by Gasteiger charge is 2.29. The molecule has 0 saturated heterocycles. The maximum atomic E-state index is 13.2. The topological polar surface area (TPSA) is 64.0 Å². The average Bonchev–Trinajstić information content (AvgIpc) is 3.47. The van der Waals surface area contributed by atoms with E-state index in [-0.39, 0.29) is 23.3 Å². The Bertz CT molecular complexity index is 1050. The van der Waals surface area contributed by atoms with E-state index in [2.05, 4.69) is 12.2 Å². The van der Waals surface area contributed by atoms with E-state index < -0.39 is 0 Å². The standard InChI is InChI=1S/C21H23N3O2S2/c1-3-24-20(26)18-16(15-7-5-4-6-8-15)11-27-19(18)23-21(24)28-12-17(25)22-13(2)14-9-10-14/h4-8,11,13-14H,3,9-10,12H2,1-2H3,(H,22,25)/t13-/m0/s1. The van der Waals surface area contributed by atoms with Gasteiger partial charge < -0.3 is 5.32 Å². The maximum Gasteiger partial charge on any atom is 0.263 e. The number of carbonyl (C=O) groups excluding carboxylic acids is 1. The Kier molecular flexibility index (Phi) is 5.55. The molecule has 1 saturated carbocycles. The van der Waals surface area contributed by atoms with Gasteiger partial charge in [0.05, 0.1) is 11.1 Å². The van der Waals surface area contributed by atoms with Crippen molar-refractivity contribution < 1.29 is 4.79 Å². The van der Waals surface area contributed by atoms with E-state index in [1.807, 2.05) is 42.6 Å². The SMILES string of the molecule is CCn1c(SCC(=O)N[C@@H](C)C2CC2)nc2scc(-c3ccccc3)c2c1=O. The monoisotopic (exact) mass is 413 g/mol. The Balaban J connectivity index is 1.61. The van der Waals surface area contributed by atoms with Gasteiger partial charge in [-0.15, -0.1) is 11.3 Å². The van der Waals surface area contributed by atoms with Crippen molar-refractivity contribution in [2.75, 3.05) is 5.75 Å². The second-order valence-electron chi connectivity index (χ2n) is 7.12. The fraction of sp³-hybridized carbons (Fsp3) is 0.381. The van der Waals surface area contributed by atoms with E-state index >= 15 is 0 Å². The van der Waals surface area contributed by atoms with E-state index in [4.69, 9.17) is 4.98 Å². The van der Waals surface area contributed by atoms with Gasteiger partial charge in [0, 0.05) is 23.5 Å². The number of fused-ring (bicyclic) bond motifs is 1. The highest BCUT2D eigenvalue weighted by atomic mass is 32.2. The number of hydrogen-bond acceptors (Lipinski definition) is 5. The molecule has 5 nitrogen and oxygen atoms in total. The molecule has 28 heavy (non-hydrogen) atoms. The van der Waals surface area contributed by atoms with Crippen molar-refractivity contribution >= 4 is 39.2 Å². The van der Waals surface area contributed by atoms with Crippen molar-refractivity contribution in [1.29, 1.82) is 0 Å². The Morgan fingerprint density at radius 3 is 2.79 bits per heavy atom. The summed E-state index contributed by atoms with van der Waals surface area (Å²) in [5.41, 5.74) is 1.90. The third kappa shape index (κ3) is 3.86. The van der Waals surface area contributed by atoms with Crippen LogP contribution in [0.15, 0.2) is 45.7 Å². The second-order valence-corrected chi connectivity index (χ2v) is 8.92. The summed E-state index contributed by atoms with van der Waals surface area (Å²) >= 11 is 2.81. The summed E-state index contributed by atoms with van der Waals surface area (Å²) in [6.07, 6.45) is 2.40. The molecule has 0 unspecified atom stereocenters. The van der Waals surface area contributed by atoms with Crippen molar-refractivity contribution in [3.8, 4) is 11.1 Å². The molecule has 0 spiro atoms. The van der Waals surface area contributed by atoms with Crippen LogP contribution in [0.25, 0.3) is 21.3 Å². The predicted octanol–water partition coefficient (Wildman–Crippen LogP) is 4.15. The molecule has 146 valence electrons. The van der Waals surface area contributed by atoms with E-state index in [1.54, 1.807) is 4.57 Å². The third-order valence-corrected chi connectivity index (χ3v) is 6.96. The minimum Gasteiger partial charge on any atom is -0.353 e. The van der Waals surface area contributed by atoms with Crippen LogP contribution in [0.3, 0.4) is 0 Å². The number of nitrogens with zero attached hydrogens (tertiary/aromatic N) is 2. The van der Waals surface area contributed by atoms with Crippen LogP contribution in [0.2, 0.25) is 0 Å². The number of aromatic nitrogens is 2. The van der Waals surface area contributed by atoms with Crippen LogP contribution in [0.5, 0.6) is 0 Å². The average molecular weight is 414 g/mol. The molecule has 1 N–H and O–H groups in total. The molecule has 1 amide bonds. The summed E-state index contributed by atoms with van der Waals surface area (Å²) in [7, 11) is 0. The van der Waals surface area contributed by atoms with Gasteiger partial charge in [-0.2, -0.15) is 0 Å². The number of benzene rings is 1. The van der Waals surface area contributed by atoms with Gasteiger partial charge in [-0.25, -0.2) is 4.98 Å². The second kappa shape index (κ2) is 8.09. The maximum absolute atomic E-state index is 13.2. The third-order valence-electron chi connectivity index (χ3n) is 5.11. The molecule has 1 fully saturated rings. The Labute approximate surface area is 172 Å². The van der Waals surface area contributed by atoms with Gasteiger partial charge in [-0.05, 0) is 38.2 Å². The summed E-state index contributed by atoms with van der Waals surface area (Å²) in [5.74, 6) is 0.892. The molecule has 7 heteroatoms. The van der Waals surface area contributed by atoms with Gasteiger partial charge in [-0.1, -0.05) is 42.1 Å². The quantitative estimate of drug-likeness (QED) is 0.467. The van der Waals surface area contributed by atoms with Gasteiger partial charge in [-0.3, -0.25) is 14.2 Å². The Hall–Kier alpha value is -2.12. The van der Waals surface area contributed by atoms with Crippen LogP contribution in [0, 0.1) is 5.92 Å². The van der Waals surface area contributed by atoms with Crippen LogP contribution in [0.4, 0.5) is 0 Å². The van der Waals surface area contributed by atoms with Crippen LogP contribution in [0.1, 0.15) is 26.7 Å². The lowest BCUT2D eigenvalue weighted by Gasteiger charge is -2.13. The van der Waals surface area contributed by atoms with Crippen molar-refractivity contribution in [3.05, 3.63) is 46.1 Å². The highest BCUT2D eigenvalue weighted by molar-refractivity contribution is 7.99. The number of carbonyl (C=O) groups is 1. The summed E-state index contributed by atoms with van der Waals surface area (Å²) in [4.78, 5) is 30.9. The van der Waals surface area contributed by atoms with Crippen LogP contribution in [-0.2, 0) is 11.3 Å². The summed E-state index contributed by atoms with van der Waals surface area (Å²) in [6.45, 7) is 4.51. The van der Waals surface area contributed by atoms with E-state index in [0.29, 0.717) is 23.0 Å². The van der Waals surface area contributed by atoms with Crippen molar-refractivity contribution in [1.82, 2.24) is 14.9 Å². The molecule has 0 aliphatic heterocycles. The lowest BCUT2D eigenvalue weighted by Crippen LogP contribution is -2.35. The highest BCUT2D eigenvalue weighted by Crippen LogP contribution is 2.33. The van der Waals surface area contributed by atoms with E-state index in [1.165, 1.54) is 35.9 Å². The largest absolute Gasteiger partial charge is 0.353 e. The molecular formula is C21H23N3O2S2. The number of nitrogens with one attached hydrogen (secondary N) is 1. The number of thiophene rings is 1. The van der Waals surface area contributed by atoms with Crippen LogP contribution in [-0.4, -0.2) is 27.3 Å². The Morgan fingerprint density at radius 1 is 1.36 bits per heavy atom. The summed E-state index contributed by atoms with van der Waals surface area (Å²) < 4.78 is 1.67. The first-order chi connectivity index (χ1) is 13.6. The minimum absolute atomic E-state index is 0.00227. The first-order valence-corrected chi connectivity index (χ1v) is 11.4. The van der Waals surface area contributed by atoms with Crippen LogP contribution >= 0.6 is 23.1 Å². The zero-order chi connectivity index (χ0) is 19.7.